The molecule has 0 atom stereocenters. The van der Waals surface area contributed by atoms with Gasteiger partial charge >= 0.3 is 0 Å². The van der Waals surface area contributed by atoms with Gasteiger partial charge in [-0.15, -0.1) is 0 Å². The summed E-state index contributed by atoms with van der Waals surface area (Å²) in [5.41, 5.74) is -0.0255. The van der Waals surface area contributed by atoms with E-state index in [0.717, 1.165) is 12.8 Å². The van der Waals surface area contributed by atoms with Gasteiger partial charge in [-0.25, -0.2) is 13.1 Å². The number of aromatic nitrogens is 2. The van der Waals surface area contributed by atoms with Gasteiger partial charge in [-0.2, -0.15) is 5.10 Å². The summed E-state index contributed by atoms with van der Waals surface area (Å²) in [5.74, 6) is 0. The summed E-state index contributed by atoms with van der Waals surface area (Å²) >= 11 is 0. The van der Waals surface area contributed by atoms with Gasteiger partial charge in [0.2, 0.25) is 0 Å². The zero-order valence-corrected chi connectivity index (χ0v) is 12.2. The maximum absolute atomic E-state index is 11.9. The number of hydrogen-bond donors (Lipinski definition) is 2. The van der Waals surface area contributed by atoms with Crippen molar-refractivity contribution in [3.8, 4) is 0 Å². The predicted octanol–water partition coefficient (Wildman–Crippen LogP) is 2.29. The molecule has 104 valence electrons. The maximum atomic E-state index is 11.9. The third-order valence-corrected chi connectivity index (χ3v) is 4.29. The first kappa shape index (κ1) is 15.2. The Balaban J connectivity index is 2.49. The number of H-pyrrole nitrogens is 1. The standard InChI is InChI=1S/C12H23N3O2S/c1-4-5-6-8-12(2,3)10-14-18(16,17)11-7-9-13-15-11/h7,9,14H,4-6,8,10H2,1-3H3,(H,13,15). The van der Waals surface area contributed by atoms with Crippen LogP contribution in [0.3, 0.4) is 0 Å². The van der Waals surface area contributed by atoms with Crippen LogP contribution in [-0.2, 0) is 10.0 Å². The first-order valence-corrected chi connectivity index (χ1v) is 7.85. The van der Waals surface area contributed by atoms with Crippen molar-refractivity contribution in [2.24, 2.45) is 5.41 Å². The van der Waals surface area contributed by atoms with E-state index in [-0.39, 0.29) is 10.4 Å². The van der Waals surface area contributed by atoms with Crippen molar-refractivity contribution in [3.05, 3.63) is 12.3 Å². The van der Waals surface area contributed by atoms with Crippen LogP contribution in [-0.4, -0.2) is 25.2 Å². The van der Waals surface area contributed by atoms with Crippen LogP contribution < -0.4 is 4.72 Å². The molecule has 0 aliphatic rings. The zero-order valence-electron chi connectivity index (χ0n) is 11.4. The molecule has 1 heterocycles. The number of nitrogens with one attached hydrogen (secondary N) is 2. The van der Waals surface area contributed by atoms with Crippen LogP contribution in [0, 0.1) is 5.41 Å². The van der Waals surface area contributed by atoms with E-state index in [0.29, 0.717) is 6.54 Å². The van der Waals surface area contributed by atoms with Crippen molar-refractivity contribution in [1.82, 2.24) is 14.9 Å². The third-order valence-electron chi connectivity index (χ3n) is 2.96. The Morgan fingerprint density at radius 2 is 2.11 bits per heavy atom. The second kappa shape index (κ2) is 6.33. The molecule has 5 nitrogen and oxygen atoms in total. The molecular formula is C12H23N3O2S. The monoisotopic (exact) mass is 273 g/mol. The van der Waals surface area contributed by atoms with Gasteiger partial charge in [0.05, 0.1) is 6.20 Å². The van der Waals surface area contributed by atoms with Gasteiger partial charge in [0.25, 0.3) is 10.0 Å². The Bertz CT molecular complexity index is 438. The molecule has 1 aromatic heterocycles. The molecule has 1 rings (SSSR count). The van der Waals surface area contributed by atoms with Gasteiger partial charge in [-0.05, 0) is 17.9 Å². The first-order valence-electron chi connectivity index (χ1n) is 6.36. The number of nitrogens with zero attached hydrogens (tertiary/aromatic N) is 1. The van der Waals surface area contributed by atoms with Crippen molar-refractivity contribution in [2.45, 2.75) is 51.5 Å². The highest BCUT2D eigenvalue weighted by Crippen LogP contribution is 2.23. The summed E-state index contributed by atoms with van der Waals surface area (Å²) in [4.78, 5) is 0. The molecule has 1 aromatic rings. The van der Waals surface area contributed by atoms with Gasteiger partial charge in [0.1, 0.15) is 0 Å². The lowest BCUT2D eigenvalue weighted by atomic mass is 9.87. The first-order chi connectivity index (χ1) is 8.37. The molecule has 6 heteroatoms. The van der Waals surface area contributed by atoms with Crippen molar-refractivity contribution in [3.63, 3.8) is 0 Å². The van der Waals surface area contributed by atoms with Crippen LogP contribution in [0.5, 0.6) is 0 Å². The zero-order chi connectivity index (χ0) is 13.6. The summed E-state index contributed by atoms with van der Waals surface area (Å²) in [6, 6.07) is 1.45. The number of rotatable bonds is 8. The van der Waals surface area contributed by atoms with Crippen molar-refractivity contribution >= 4 is 10.0 Å². The van der Waals surface area contributed by atoms with Crippen molar-refractivity contribution in [1.29, 1.82) is 0 Å². The molecule has 18 heavy (non-hydrogen) atoms. The molecular weight excluding hydrogens is 250 g/mol. The summed E-state index contributed by atoms with van der Waals surface area (Å²) in [7, 11) is -3.45. The Labute approximate surface area is 109 Å². The Morgan fingerprint density at radius 3 is 2.67 bits per heavy atom. The molecule has 0 aliphatic carbocycles. The fraction of sp³-hybridized carbons (Fsp3) is 0.750. The summed E-state index contributed by atoms with van der Waals surface area (Å²) in [6.07, 6.45) is 5.95. The summed E-state index contributed by atoms with van der Waals surface area (Å²) in [6.45, 7) is 6.77. The average Bonchev–Trinajstić information content (AvgIpc) is 2.81. The van der Waals surface area contributed by atoms with Gasteiger partial charge in [-0.1, -0.05) is 40.0 Å². The lowest BCUT2D eigenvalue weighted by Gasteiger charge is -2.24. The summed E-state index contributed by atoms with van der Waals surface area (Å²) in [5, 5.41) is 6.23. The van der Waals surface area contributed by atoms with Crippen LogP contribution in [0.1, 0.15) is 46.5 Å². The molecule has 0 saturated heterocycles. The second-order valence-corrected chi connectivity index (χ2v) is 7.10. The molecule has 0 saturated carbocycles. The van der Waals surface area contributed by atoms with E-state index in [9.17, 15) is 8.42 Å². The largest absolute Gasteiger partial charge is 0.266 e. The highest BCUT2D eigenvalue weighted by molar-refractivity contribution is 7.89. The van der Waals surface area contributed by atoms with E-state index in [1.165, 1.54) is 25.1 Å². The van der Waals surface area contributed by atoms with Crippen LogP contribution >= 0.6 is 0 Å². The predicted molar refractivity (Wildman–Crippen MR) is 71.7 cm³/mol. The molecule has 0 spiro atoms. The third kappa shape index (κ3) is 4.78. The Kier molecular flexibility index (Phi) is 5.34. The van der Waals surface area contributed by atoms with Gasteiger partial charge < -0.3 is 0 Å². The van der Waals surface area contributed by atoms with E-state index in [2.05, 4.69) is 35.7 Å². The van der Waals surface area contributed by atoms with Crippen LogP contribution in [0.15, 0.2) is 17.3 Å². The number of unbranched alkanes of at least 4 members (excludes halogenated alkanes) is 2. The van der Waals surface area contributed by atoms with E-state index >= 15 is 0 Å². The lowest BCUT2D eigenvalue weighted by molar-refractivity contribution is 0.320. The van der Waals surface area contributed by atoms with Crippen molar-refractivity contribution in [2.75, 3.05) is 6.54 Å². The maximum Gasteiger partial charge on any atom is 0.257 e. The van der Waals surface area contributed by atoms with E-state index in [1.807, 2.05) is 0 Å². The minimum atomic E-state index is -3.45. The number of sulfonamides is 1. The van der Waals surface area contributed by atoms with Crippen LogP contribution in [0.2, 0.25) is 0 Å². The van der Waals surface area contributed by atoms with Crippen molar-refractivity contribution < 1.29 is 8.42 Å². The van der Waals surface area contributed by atoms with Gasteiger partial charge in [0, 0.05) is 6.54 Å². The fourth-order valence-corrected chi connectivity index (χ4v) is 2.85. The minimum absolute atomic E-state index is 0.0255. The average molecular weight is 273 g/mol. The molecule has 0 radical (unpaired) electrons. The molecule has 0 fully saturated rings. The Morgan fingerprint density at radius 1 is 1.39 bits per heavy atom. The summed E-state index contributed by atoms with van der Waals surface area (Å²) < 4.78 is 26.4. The van der Waals surface area contributed by atoms with Gasteiger partial charge in [-0.3, -0.25) is 5.10 Å². The SMILES string of the molecule is CCCCCC(C)(C)CNS(=O)(=O)c1ccn[nH]1. The minimum Gasteiger partial charge on any atom is -0.266 e. The lowest BCUT2D eigenvalue weighted by Crippen LogP contribution is -2.34. The number of aromatic amines is 1. The molecule has 0 amide bonds. The fourth-order valence-electron chi connectivity index (χ4n) is 1.70. The molecule has 0 aromatic carbocycles. The quantitative estimate of drug-likeness (QED) is 0.714. The van der Waals surface area contributed by atoms with E-state index in [1.54, 1.807) is 0 Å². The van der Waals surface area contributed by atoms with Gasteiger partial charge in [0.15, 0.2) is 5.03 Å². The second-order valence-electron chi connectivity index (χ2n) is 5.37. The molecule has 2 N–H and O–H groups in total. The van der Waals surface area contributed by atoms with E-state index in [4.69, 9.17) is 0 Å². The van der Waals surface area contributed by atoms with Crippen LogP contribution in [0.25, 0.3) is 0 Å². The topological polar surface area (TPSA) is 74.8 Å². The highest BCUT2D eigenvalue weighted by Gasteiger charge is 2.22. The number of hydrogen-bond acceptors (Lipinski definition) is 3. The normalized spacial score (nSPS) is 12.8. The van der Waals surface area contributed by atoms with E-state index < -0.39 is 10.0 Å². The smallest absolute Gasteiger partial charge is 0.257 e. The molecule has 0 aliphatic heterocycles. The highest BCUT2D eigenvalue weighted by atomic mass is 32.2. The van der Waals surface area contributed by atoms with Crippen LogP contribution in [0.4, 0.5) is 0 Å². The Hall–Kier alpha value is -0.880. The molecule has 0 bridgehead atoms. The molecule has 0 unspecified atom stereocenters.